The molecule has 0 bridgehead atoms. The van der Waals surface area contributed by atoms with Crippen molar-refractivity contribution in [2.45, 2.75) is 6.54 Å². The van der Waals surface area contributed by atoms with Crippen molar-refractivity contribution in [3.63, 3.8) is 0 Å². The second kappa shape index (κ2) is 7.79. The molecule has 0 atom stereocenters. The minimum Gasteiger partial charge on any atom is -0.383 e. The number of rotatable bonds is 7. The minimum atomic E-state index is 0.764. The van der Waals surface area contributed by atoms with Gasteiger partial charge in [0.15, 0.2) is 0 Å². The average molecular weight is 273 g/mol. The Morgan fingerprint density at radius 2 is 2.27 bits per heavy atom. The van der Waals surface area contributed by atoms with Gasteiger partial charge in [-0.15, -0.1) is 0 Å². The predicted octanol–water partition coefficient (Wildman–Crippen LogP) is 1.92. The van der Waals surface area contributed by atoms with Crippen molar-refractivity contribution in [3.8, 4) is 0 Å². The quantitative estimate of drug-likeness (QED) is 0.710. The van der Waals surface area contributed by atoms with Crippen LogP contribution in [0, 0.1) is 0 Å². The molecule has 84 valence electrons. The van der Waals surface area contributed by atoms with Crippen LogP contribution in [0.25, 0.3) is 0 Å². The van der Waals surface area contributed by atoms with E-state index in [9.17, 15) is 0 Å². The normalized spacial score (nSPS) is 10.9. The molecule has 0 aliphatic rings. The minimum absolute atomic E-state index is 0.764. The molecule has 1 rings (SSSR count). The molecule has 0 spiro atoms. The standard InChI is InChI=1S/C11H17BrN2O/c1-15-9-8-14(7-5-12)10-11-4-2-3-6-13-11/h2-4,6H,5,7-10H2,1H3. The van der Waals surface area contributed by atoms with Crippen molar-refractivity contribution >= 4 is 15.9 Å². The summed E-state index contributed by atoms with van der Waals surface area (Å²) < 4.78 is 5.08. The zero-order chi connectivity index (χ0) is 10.9. The molecule has 0 unspecified atom stereocenters. The molecule has 0 saturated carbocycles. The van der Waals surface area contributed by atoms with Crippen LogP contribution in [0.1, 0.15) is 5.69 Å². The fourth-order valence-corrected chi connectivity index (χ4v) is 1.83. The number of ether oxygens (including phenoxy) is 1. The lowest BCUT2D eigenvalue weighted by atomic mass is 10.3. The van der Waals surface area contributed by atoms with Gasteiger partial charge in [-0.05, 0) is 12.1 Å². The SMILES string of the molecule is COCCN(CCBr)Cc1ccccn1. The van der Waals surface area contributed by atoms with E-state index in [4.69, 9.17) is 4.74 Å². The largest absolute Gasteiger partial charge is 0.383 e. The first-order valence-corrected chi connectivity index (χ1v) is 6.16. The summed E-state index contributed by atoms with van der Waals surface area (Å²) in [5.41, 5.74) is 1.11. The topological polar surface area (TPSA) is 25.4 Å². The summed E-state index contributed by atoms with van der Waals surface area (Å²) in [4.78, 5) is 6.63. The number of aromatic nitrogens is 1. The molecular formula is C11H17BrN2O. The molecule has 15 heavy (non-hydrogen) atoms. The second-order valence-electron chi connectivity index (χ2n) is 3.28. The van der Waals surface area contributed by atoms with Gasteiger partial charge < -0.3 is 4.74 Å². The molecule has 0 saturated heterocycles. The Labute approximate surface area is 99.6 Å². The molecule has 3 nitrogen and oxygen atoms in total. The lowest BCUT2D eigenvalue weighted by Gasteiger charge is -2.20. The van der Waals surface area contributed by atoms with Gasteiger partial charge in [0.25, 0.3) is 0 Å². The Balaban J connectivity index is 2.43. The van der Waals surface area contributed by atoms with Crippen LogP contribution in [0.15, 0.2) is 24.4 Å². The van der Waals surface area contributed by atoms with Gasteiger partial charge in [-0.1, -0.05) is 22.0 Å². The van der Waals surface area contributed by atoms with Crippen molar-refractivity contribution in [2.24, 2.45) is 0 Å². The average Bonchev–Trinajstić information content (AvgIpc) is 2.28. The first kappa shape index (κ1) is 12.6. The second-order valence-corrected chi connectivity index (χ2v) is 4.07. The summed E-state index contributed by atoms with van der Waals surface area (Å²) in [6, 6.07) is 6.01. The predicted molar refractivity (Wildman–Crippen MR) is 65.2 cm³/mol. The van der Waals surface area contributed by atoms with Crippen LogP contribution in [0.2, 0.25) is 0 Å². The molecule has 1 heterocycles. The van der Waals surface area contributed by atoms with Crippen LogP contribution < -0.4 is 0 Å². The highest BCUT2D eigenvalue weighted by atomic mass is 79.9. The molecule has 1 aromatic rings. The lowest BCUT2D eigenvalue weighted by Crippen LogP contribution is -2.29. The lowest BCUT2D eigenvalue weighted by molar-refractivity contribution is 0.147. The highest BCUT2D eigenvalue weighted by molar-refractivity contribution is 9.09. The third-order valence-electron chi connectivity index (χ3n) is 2.12. The zero-order valence-corrected chi connectivity index (χ0v) is 10.6. The molecule has 0 N–H and O–H groups in total. The van der Waals surface area contributed by atoms with Gasteiger partial charge in [-0.3, -0.25) is 9.88 Å². The van der Waals surface area contributed by atoms with Crippen molar-refractivity contribution in [1.82, 2.24) is 9.88 Å². The highest BCUT2D eigenvalue weighted by Crippen LogP contribution is 2.01. The van der Waals surface area contributed by atoms with E-state index >= 15 is 0 Å². The van der Waals surface area contributed by atoms with Gasteiger partial charge in [-0.2, -0.15) is 0 Å². The van der Waals surface area contributed by atoms with Crippen LogP contribution in [0.3, 0.4) is 0 Å². The number of hydrogen-bond acceptors (Lipinski definition) is 3. The molecular weight excluding hydrogens is 256 g/mol. The zero-order valence-electron chi connectivity index (χ0n) is 9.03. The van der Waals surface area contributed by atoms with Crippen molar-refractivity contribution in [2.75, 3.05) is 32.1 Å². The van der Waals surface area contributed by atoms with Gasteiger partial charge in [-0.25, -0.2) is 0 Å². The Hall–Kier alpha value is -0.450. The molecule has 1 aromatic heterocycles. The number of alkyl halides is 1. The number of nitrogens with zero attached hydrogens (tertiary/aromatic N) is 2. The van der Waals surface area contributed by atoms with Gasteiger partial charge in [0.05, 0.1) is 12.3 Å². The Kier molecular flexibility index (Phi) is 6.55. The molecule has 4 heteroatoms. The summed E-state index contributed by atoms with van der Waals surface area (Å²) >= 11 is 3.45. The highest BCUT2D eigenvalue weighted by Gasteiger charge is 2.05. The monoisotopic (exact) mass is 272 g/mol. The fourth-order valence-electron chi connectivity index (χ4n) is 1.33. The summed E-state index contributed by atoms with van der Waals surface area (Å²) in [6.45, 7) is 3.61. The number of halogens is 1. The van der Waals surface area contributed by atoms with Crippen LogP contribution in [0.5, 0.6) is 0 Å². The van der Waals surface area contributed by atoms with Crippen molar-refractivity contribution in [3.05, 3.63) is 30.1 Å². The molecule has 0 amide bonds. The Morgan fingerprint density at radius 3 is 2.87 bits per heavy atom. The number of methoxy groups -OCH3 is 1. The maximum absolute atomic E-state index is 5.08. The third kappa shape index (κ3) is 5.25. The van der Waals surface area contributed by atoms with Gasteiger partial charge in [0.1, 0.15) is 0 Å². The summed E-state index contributed by atoms with van der Waals surface area (Å²) in [7, 11) is 1.73. The van der Waals surface area contributed by atoms with E-state index in [1.54, 1.807) is 7.11 Å². The first-order valence-electron chi connectivity index (χ1n) is 5.04. The van der Waals surface area contributed by atoms with Gasteiger partial charge in [0, 0.05) is 38.3 Å². The van der Waals surface area contributed by atoms with Crippen LogP contribution in [-0.4, -0.2) is 42.0 Å². The molecule has 0 radical (unpaired) electrons. The Bertz CT molecular complexity index is 256. The maximum Gasteiger partial charge on any atom is 0.0589 e. The maximum atomic E-state index is 5.08. The molecule has 0 aromatic carbocycles. The fraction of sp³-hybridized carbons (Fsp3) is 0.545. The van der Waals surface area contributed by atoms with Crippen molar-refractivity contribution < 1.29 is 4.74 Å². The van der Waals surface area contributed by atoms with Gasteiger partial charge in [0.2, 0.25) is 0 Å². The van der Waals surface area contributed by atoms with Crippen molar-refractivity contribution in [1.29, 1.82) is 0 Å². The molecule has 0 aliphatic heterocycles. The summed E-state index contributed by atoms with van der Waals surface area (Å²) in [6.07, 6.45) is 1.83. The van der Waals surface area contributed by atoms with E-state index in [1.807, 2.05) is 24.4 Å². The van der Waals surface area contributed by atoms with Gasteiger partial charge >= 0.3 is 0 Å². The van der Waals surface area contributed by atoms with Crippen LogP contribution in [-0.2, 0) is 11.3 Å². The van der Waals surface area contributed by atoms with Crippen LogP contribution in [0.4, 0.5) is 0 Å². The summed E-state index contributed by atoms with van der Waals surface area (Å²) in [5.74, 6) is 0. The summed E-state index contributed by atoms with van der Waals surface area (Å²) in [5, 5.41) is 0.976. The first-order chi connectivity index (χ1) is 7.36. The van der Waals surface area contributed by atoms with E-state index in [-0.39, 0.29) is 0 Å². The molecule has 0 fully saturated rings. The van der Waals surface area contributed by atoms with E-state index in [0.29, 0.717) is 0 Å². The van der Waals surface area contributed by atoms with E-state index in [1.165, 1.54) is 0 Å². The molecule has 0 aliphatic carbocycles. The van der Waals surface area contributed by atoms with E-state index in [0.717, 1.165) is 37.3 Å². The van der Waals surface area contributed by atoms with E-state index < -0.39 is 0 Å². The third-order valence-corrected chi connectivity index (χ3v) is 2.48. The number of hydrogen-bond donors (Lipinski definition) is 0. The number of pyridine rings is 1. The smallest absolute Gasteiger partial charge is 0.0589 e. The van der Waals surface area contributed by atoms with Crippen LogP contribution >= 0.6 is 15.9 Å². The Morgan fingerprint density at radius 1 is 1.40 bits per heavy atom. The van der Waals surface area contributed by atoms with E-state index in [2.05, 4.69) is 25.8 Å².